The van der Waals surface area contributed by atoms with Crippen molar-refractivity contribution in [3.63, 3.8) is 0 Å². The van der Waals surface area contributed by atoms with Crippen LogP contribution in [0.5, 0.6) is 23.0 Å². The fraction of sp³-hybridized carbons (Fsp3) is 0. The van der Waals surface area contributed by atoms with Gasteiger partial charge in [0.15, 0.2) is 0 Å². The van der Waals surface area contributed by atoms with Crippen LogP contribution < -0.4 is 25.9 Å². The molecule has 8 aromatic carbocycles. The first kappa shape index (κ1) is 26.2. The van der Waals surface area contributed by atoms with E-state index in [-0.39, 0.29) is 6.71 Å². The molecular formula is C44H27BO2. The van der Waals surface area contributed by atoms with Gasteiger partial charge in [-0.3, -0.25) is 0 Å². The highest BCUT2D eigenvalue weighted by atomic mass is 16.5. The van der Waals surface area contributed by atoms with Gasteiger partial charge in [0.1, 0.15) is 23.0 Å². The molecule has 0 aromatic heterocycles. The molecule has 218 valence electrons. The van der Waals surface area contributed by atoms with Gasteiger partial charge >= 0.3 is 0 Å². The van der Waals surface area contributed by atoms with Gasteiger partial charge in [-0.1, -0.05) is 133 Å². The summed E-state index contributed by atoms with van der Waals surface area (Å²) in [5.74, 6) is 3.52. The molecule has 47 heavy (non-hydrogen) atoms. The molecule has 2 heterocycles. The SMILES string of the molecule is c1ccc(-c2cccc(-c3c4ccccc4c(-c4ccc5c(c4)B4c6ccccc6Oc6cccc(c64)O5)c4ccccc34)c2)cc1. The van der Waals surface area contributed by atoms with Crippen molar-refractivity contribution in [2.75, 3.05) is 0 Å². The highest BCUT2D eigenvalue weighted by molar-refractivity contribution is 6.98. The fourth-order valence-electron chi connectivity index (χ4n) is 7.77. The normalized spacial score (nSPS) is 12.6. The molecule has 0 N–H and O–H groups in total. The molecule has 2 nitrogen and oxygen atoms in total. The van der Waals surface area contributed by atoms with Crippen molar-refractivity contribution < 1.29 is 9.47 Å². The lowest BCUT2D eigenvalue weighted by Gasteiger charge is -2.33. The highest BCUT2D eigenvalue weighted by Crippen LogP contribution is 2.45. The molecule has 8 aromatic rings. The zero-order valence-electron chi connectivity index (χ0n) is 25.5. The summed E-state index contributed by atoms with van der Waals surface area (Å²) in [5, 5.41) is 4.95. The van der Waals surface area contributed by atoms with Crippen LogP contribution in [-0.4, -0.2) is 6.71 Å². The molecule has 0 bridgehead atoms. The van der Waals surface area contributed by atoms with Crippen LogP contribution >= 0.6 is 0 Å². The van der Waals surface area contributed by atoms with Gasteiger partial charge in [0.2, 0.25) is 0 Å². The quantitative estimate of drug-likeness (QED) is 0.149. The molecule has 0 unspecified atom stereocenters. The summed E-state index contributed by atoms with van der Waals surface area (Å²) >= 11 is 0. The maximum Gasteiger partial charge on any atom is 0.260 e. The van der Waals surface area contributed by atoms with E-state index in [2.05, 4.69) is 140 Å². The second-order valence-electron chi connectivity index (χ2n) is 12.4. The summed E-state index contributed by atoms with van der Waals surface area (Å²) in [4.78, 5) is 0. The van der Waals surface area contributed by atoms with E-state index in [0.29, 0.717) is 0 Å². The van der Waals surface area contributed by atoms with Crippen LogP contribution in [0.2, 0.25) is 0 Å². The molecule has 2 aliphatic rings. The third kappa shape index (κ3) is 4.00. The van der Waals surface area contributed by atoms with Crippen LogP contribution in [0.3, 0.4) is 0 Å². The van der Waals surface area contributed by atoms with E-state index in [0.717, 1.165) is 39.4 Å². The lowest BCUT2D eigenvalue weighted by atomic mass is 9.35. The molecule has 0 saturated carbocycles. The third-order valence-electron chi connectivity index (χ3n) is 9.78. The van der Waals surface area contributed by atoms with Crippen molar-refractivity contribution in [1.82, 2.24) is 0 Å². The first-order valence-electron chi connectivity index (χ1n) is 16.1. The van der Waals surface area contributed by atoms with Crippen molar-refractivity contribution in [3.8, 4) is 56.4 Å². The number of benzene rings is 8. The maximum absolute atomic E-state index is 6.55. The van der Waals surface area contributed by atoms with Gasteiger partial charge in [0.05, 0.1) is 0 Å². The minimum atomic E-state index is 0.0207. The van der Waals surface area contributed by atoms with E-state index in [4.69, 9.17) is 9.47 Å². The van der Waals surface area contributed by atoms with Crippen molar-refractivity contribution in [2.24, 2.45) is 0 Å². The summed E-state index contributed by atoms with van der Waals surface area (Å²) in [6.45, 7) is 0.0207. The van der Waals surface area contributed by atoms with Crippen molar-refractivity contribution in [3.05, 3.63) is 164 Å². The summed E-state index contributed by atoms with van der Waals surface area (Å²) in [6, 6.07) is 58.5. The van der Waals surface area contributed by atoms with Crippen LogP contribution in [0, 0.1) is 0 Å². The smallest absolute Gasteiger partial charge is 0.260 e. The Morgan fingerprint density at radius 3 is 1.49 bits per heavy atom. The first-order valence-corrected chi connectivity index (χ1v) is 16.1. The zero-order valence-corrected chi connectivity index (χ0v) is 25.5. The van der Waals surface area contributed by atoms with E-state index in [1.165, 1.54) is 54.9 Å². The molecule has 3 heteroatoms. The minimum absolute atomic E-state index is 0.0207. The average molecular weight is 599 g/mol. The van der Waals surface area contributed by atoms with Gasteiger partial charge in [-0.05, 0) is 96.2 Å². The largest absolute Gasteiger partial charge is 0.458 e. The Balaban J connectivity index is 1.22. The molecule has 0 aliphatic carbocycles. The van der Waals surface area contributed by atoms with Crippen LogP contribution in [0.25, 0.3) is 54.9 Å². The third-order valence-corrected chi connectivity index (χ3v) is 9.78. The minimum Gasteiger partial charge on any atom is -0.458 e. The Bertz CT molecular complexity index is 2460. The monoisotopic (exact) mass is 598 g/mol. The Kier molecular flexibility index (Phi) is 5.70. The van der Waals surface area contributed by atoms with Gasteiger partial charge < -0.3 is 9.47 Å². The van der Waals surface area contributed by atoms with Crippen LogP contribution in [-0.2, 0) is 0 Å². The van der Waals surface area contributed by atoms with Crippen LogP contribution in [0.4, 0.5) is 0 Å². The molecule has 0 spiro atoms. The topological polar surface area (TPSA) is 18.5 Å². The van der Waals surface area contributed by atoms with Crippen molar-refractivity contribution >= 4 is 44.6 Å². The van der Waals surface area contributed by atoms with E-state index in [1.54, 1.807) is 0 Å². The lowest BCUT2D eigenvalue weighted by molar-refractivity contribution is 0.464. The second kappa shape index (κ2) is 10.2. The van der Waals surface area contributed by atoms with E-state index in [1.807, 2.05) is 24.3 Å². The number of ether oxygens (including phenoxy) is 2. The summed E-state index contributed by atoms with van der Waals surface area (Å²) in [5.41, 5.74) is 10.7. The van der Waals surface area contributed by atoms with E-state index < -0.39 is 0 Å². The molecule has 2 aliphatic heterocycles. The van der Waals surface area contributed by atoms with Crippen LogP contribution in [0.15, 0.2) is 164 Å². The van der Waals surface area contributed by atoms with Gasteiger partial charge in [-0.25, -0.2) is 0 Å². The summed E-state index contributed by atoms with van der Waals surface area (Å²) in [6.07, 6.45) is 0. The van der Waals surface area contributed by atoms with Gasteiger partial charge in [-0.15, -0.1) is 0 Å². The highest BCUT2D eigenvalue weighted by Gasteiger charge is 2.40. The number of hydrogen-bond donors (Lipinski definition) is 0. The first-order chi connectivity index (χ1) is 23.3. The van der Waals surface area contributed by atoms with E-state index >= 15 is 0 Å². The Hall–Kier alpha value is -6.06. The number of para-hydroxylation sites is 1. The summed E-state index contributed by atoms with van der Waals surface area (Å²) in [7, 11) is 0. The lowest BCUT2D eigenvalue weighted by Crippen LogP contribution is -2.57. The van der Waals surface area contributed by atoms with Gasteiger partial charge in [-0.2, -0.15) is 0 Å². The van der Waals surface area contributed by atoms with E-state index in [9.17, 15) is 0 Å². The molecular weight excluding hydrogens is 571 g/mol. The molecule has 0 radical (unpaired) electrons. The molecule has 0 fully saturated rings. The summed E-state index contributed by atoms with van der Waals surface area (Å²) < 4.78 is 12.9. The second-order valence-corrected chi connectivity index (χ2v) is 12.4. The predicted molar refractivity (Wildman–Crippen MR) is 195 cm³/mol. The fourth-order valence-corrected chi connectivity index (χ4v) is 7.77. The average Bonchev–Trinajstić information content (AvgIpc) is 3.14. The Morgan fingerprint density at radius 1 is 0.319 bits per heavy atom. The van der Waals surface area contributed by atoms with Crippen LogP contribution in [0.1, 0.15) is 0 Å². The Morgan fingerprint density at radius 2 is 0.809 bits per heavy atom. The molecule has 10 rings (SSSR count). The number of rotatable bonds is 3. The molecule has 0 atom stereocenters. The van der Waals surface area contributed by atoms with Gasteiger partial charge in [0.25, 0.3) is 6.71 Å². The molecule has 0 saturated heterocycles. The predicted octanol–water partition coefficient (Wildman–Crippen LogP) is 9.72. The van der Waals surface area contributed by atoms with Crippen molar-refractivity contribution in [1.29, 1.82) is 0 Å². The molecule has 0 amide bonds. The Labute approximate surface area is 273 Å². The van der Waals surface area contributed by atoms with Gasteiger partial charge in [0, 0.05) is 5.46 Å². The standard InChI is InChI=1S/C44H27BO2/c1-2-12-28(13-3-1)29-14-10-15-30(26-29)42-32-16-4-6-18-34(32)43(35-19-7-5-17-33(35)42)31-24-25-39-37(27-31)45-36-20-8-9-21-38(36)46-40-22-11-23-41(47-39)44(40)45/h1-27H. The maximum atomic E-state index is 6.55. The number of hydrogen-bond acceptors (Lipinski definition) is 2. The number of fused-ring (bicyclic) bond motifs is 6. The zero-order chi connectivity index (χ0) is 30.9. The van der Waals surface area contributed by atoms with Crippen molar-refractivity contribution in [2.45, 2.75) is 0 Å².